The summed E-state index contributed by atoms with van der Waals surface area (Å²) in [6.45, 7) is 2.27. The molecule has 4 rings (SSSR count). The Morgan fingerprint density at radius 1 is 1.11 bits per heavy atom. The third-order valence-corrected chi connectivity index (χ3v) is 5.63. The maximum Gasteiger partial charge on any atom is 0.416 e. The van der Waals surface area contributed by atoms with Crippen LogP contribution in [-0.2, 0) is 12.6 Å². The van der Waals surface area contributed by atoms with Crippen molar-refractivity contribution < 1.29 is 31.9 Å². The number of carbonyl (C=O) groups excluding carboxylic acids is 2. The van der Waals surface area contributed by atoms with E-state index in [1.54, 1.807) is 24.3 Å². The first-order chi connectivity index (χ1) is 17.7. The Morgan fingerprint density at radius 2 is 1.84 bits per heavy atom. The van der Waals surface area contributed by atoms with E-state index in [9.17, 15) is 27.2 Å². The van der Waals surface area contributed by atoms with Crippen LogP contribution in [0.5, 0.6) is 5.75 Å². The number of rotatable bonds is 10. The summed E-state index contributed by atoms with van der Waals surface area (Å²) in [6, 6.07) is 8.72. The van der Waals surface area contributed by atoms with Crippen LogP contribution in [0.1, 0.15) is 58.3 Å². The van der Waals surface area contributed by atoms with Gasteiger partial charge < -0.3 is 15.4 Å². The molecule has 196 valence electrons. The lowest BCUT2D eigenvalue weighted by molar-refractivity contribution is -0.137. The number of ether oxygens (including phenoxy) is 1. The molecule has 12 heteroatoms. The Labute approximate surface area is 210 Å². The third kappa shape index (κ3) is 6.63. The van der Waals surface area contributed by atoms with Crippen molar-refractivity contribution in [2.24, 2.45) is 0 Å². The Hall–Kier alpha value is -3.96. The summed E-state index contributed by atoms with van der Waals surface area (Å²) in [5.74, 6) is -1.89. The molecular formula is C25H25F4N5O3. The van der Waals surface area contributed by atoms with E-state index in [2.05, 4.69) is 20.9 Å². The number of aromatic nitrogens is 3. The molecule has 1 aliphatic rings. The standard InChI is InChI=1S/C25H25F4N5O3/c1-2-30-23(35)15-5-9-19(10-6-15)34-21(22(32-33-34)24(36)31-18-7-8-18)4-3-11-37-20-13-16(25(27,28)29)12-17(26)14-20/h5-6,9-10,12-14,18H,2-4,7-8,11H2,1H3,(H,30,35)(H,31,36). The average Bonchev–Trinajstić information content (AvgIpc) is 3.56. The normalized spacial score (nSPS) is 13.3. The fourth-order valence-electron chi connectivity index (χ4n) is 3.65. The van der Waals surface area contributed by atoms with E-state index in [0.29, 0.717) is 29.6 Å². The maximum absolute atomic E-state index is 13.6. The van der Waals surface area contributed by atoms with Crippen LogP contribution in [0.2, 0.25) is 0 Å². The van der Waals surface area contributed by atoms with Gasteiger partial charge in [-0.3, -0.25) is 9.59 Å². The number of amides is 2. The molecule has 0 atom stereocenters. The first-order valence-corrected chi connectivity index (χ1v) is 11.8. The number of alkyl halides is 3. The van der Waals surface area contributed by atoms with Crippen LogP contribution in [0.15, 0.2) is 42.5 Å². The smallest absolute Gasteiger partial charge is 0.416 e. The van der Waals surface area contributed by atoms with Gasteiger partial charge in [0, 0.05) is 24.2 Å². The molecule has 1 aromatic heterocycles. The zero-order valence-corrected chi connectivity index (χ0v) is 19.9. The predicted molar refractivity (Wildman–Crippen MR) is 125 cm³/mol. The minimum atomic E-state index is -4.70. The van der Waals surface area contributed by atoms with E-state index < -0.39 is 17.6 Å². The van der Waals surface area contributed by atoms with E-state index in [1.165, 1.54) is 4.68 Å². The minimum Gasteiger partial charge on any atom is -0.493 e. The molecule has 3 aromatic rings. The maximum atomic E-state index is 13.6. The highest BCUT2D eigenvalue weighted by atomic mass is 19.4. The summed E-state index contributed by atoms with van der Waals surface area (Å²) in [7, 11) is 0. The highest BCUT2D eigenvalue weighted by molar-refractivity contribution is 5.94. The van der Waals surface area contributed by atoms with E-state index in [-0.39, 0.29) is 48.7 Å². The first kappa shape index (κ1) is 26.1. The fourth-order valence-corrected chi connectivity index (χ4v) is 3.65. The first-order valence-electron chi connectivity index (χ1n) is 11.8. The molecule has 2 aromatic carbocycles. The van der Waals surface area contributed by atoms with E-state index >= 15 is 0 Å². The summed E-state index contributed by atoms with van der Waals surface area (Å²) < 4.78 is 59.3. The van der Waals surface area contributed by atoms with Crippen LogP contribution in [0.25, 0.3) is 5.69 Å². The van der Waals surface area contributed by atoms with E-state index in [4.69, 9.17) is 4.74 Å². The number of nitrogens with one attached hydrogen (secondary N) is 2. The summed E-state index contributed by atoms with van der Waals surface area (Å²) in [5.41, 5.74) is 0.495. The average molecular weight is 519 g/mol. The van der Waals surface area contributed by atoms with Crippen molar-refractivity contribution in [3.63, 3.8) is 0 Å². The zero-order valence-electron chi connectivity index (χ0n) is 19.9. The second-order valence-corrected chi connectivity index (χ2v) is 8.58. The molecule has 8 nitrogen and oxygen atoms in total. The fraction of sp³-hybridized carbons (Fsp3) is 0.360. The highest BCUT2D eigenvalue weighted by Gasteiger charge is 2.32. The largest absolute Gasteiger partial charge is 0.493 e. The molecule has 0 bridgehead atoms. The molecule has 2 N–H and O–H groups in total. The van der Waals surface area contributed by atoms with Gasteiger partial charge in [0.25, 0.3) is 11.8 Å². The van der Waals surface area contributed by atoms with Crippen LogP contribution in [0.4, 0.5) is 17.6 Å². The van der Waals surface area contributed by atoms with Crippen LogP contribution in [0.3, 0.4) is 0 Å². The highest BCUT2D eigenvalue weighted by Crippen LogP contribution is 2.32. The van der Waals surface area contributed by atoms with E-state index in [0.717, 1.165) is 25.0 Å². The summed E-state index contributed by atoms with van der Waals surface area (Å²) in [5, 5.41) is 13.8. The lowest BCUT2D eigenvalue weighted by atomic mass is 10.1. The van der Waals surface area contributed by atoms with Crippen LogP contribution >= 0.6 is 0 Å². The van der Waals surface area contributed by atoms with Gasteiger partial charge >= 0.3 is 6.18 Å². The van der Waals surface area contributed by atoms with Gasteiger partial charge in [0.1, 0.15) is 11.6 Å². The zero-order chi connectivity index (χ0) is 26.6. The lowest BCUT2D eigenvalue weighted by Gasteiger charge is -2.12. The van der Waals surface area contributed by atoms with Crippen molar-refractivity contribution in [3.8, 4) is 11.4 Å². The van der Waals surface area contributed by atoms with Gasteiger partial charge in [-0.25, -0.2) is 9.07 Å². The quantitative estimate of drug-likeness (QED) is 0.311. The number of hydrogen-bond acceptors (Lipinski definition) is 5. The van der Waals surface area contributed by atoms with Crippen molar-refractivity contribution in [2.75, 3.05) is 13.2 Å². The van der Waals surface area contributed by atoms with Gasteiger partial charge in [-0.1, -0.05) is 5.21 Å². The summed E-state index contributed by atoms with van der Waals surface area (Å²) in [6.07, 6.45) is -2.39. The number of nitrogens with zero attached hydrogens (tertiary/aromatic N) is 3. The molecule has 2 amide bonds. The number of carbonyl (C=O) groups is 2. The molecule has 1 fully saturated rings. The molecule has 0 unspecified atom stereocenters. The molecule has 0 aliphatic heterocycles. The Kier molecular flexibility index (Phi) is 7.74. The van der Waals surface area contributed by atoms with Crippen LogP contribution < -0.4 is 15.4 Å². The van der Waals surface area contributed by atoms with Gasteiger partial charge in [0.05, 0.1) is 23.6 Å². The van der Waals surface area contributed by atoms with E-state index in [1.807, 2.05) is 6.92 Å². The second kappa shape index (κ2) is 11.0. The minimum absolute atomic E-state index is 0.0360. The van der Waals surface area contributed by atoms with Gasteiger partial charge in [0.15, 0.2) is 5.69 Å². The van der Waals surface area contributed by atoms with Crippen molar-refractivity contribution in [2.45, 2.75) is 44.8 Å². The monoisotopic (exact) mass is 519 g/mol. The van der Waals surface area contributed by atoms with Gasteiger partial charge in [-0.15, -0.1) is 5.10 Å². The molecule has 0 radical (unpaired) electrons. The Bertz CT molecular complexity index is 1270. The number of halogens is 4. The molecule has 0 spiro atoms. The second-order valence-electron chi connectivity index (χ2n) is 8.58. The molecular weight excluding hydrogens is 494 g/mol. The number of hydrogen-bond donors (Lipinski definition) is 2. The van der Waals surface area contributed by atoms with Crippen molar-refractivity contribution in [1.82, 2.24) is 25.6 Å². The van der Waals surface area contributed by atoms with Gasteiger partial charge in [-0.05, 0) is 69.0 Å². The van der Waals surface area contributed by atoms with Crippen molar-refractivity contribution in [1.29, 1.82) is 0 Å². The third-order valence-electron chi connectivity index (χ3n) is 5.63. The van der Waals surface area contributed by atoms with Crippen LogP contribution in [-0.4, -0.2) is 46.0 Å². The topological polar surface area (TPSA) is 98.1 Å². The molecule has 0 saturated heterocycles. The molecule has 1 heterocycles. The Morgan fingerprint density at radius 3 is 2.49 bits per heavy atom. The lowest BCUT2D eigenvalue weighted by Crippen LogP contribution is -2.27. The molecule has 37 heavy (non-hydrogen) atoms. The van der Waals surface area contributed by atoms with Crippen LogP contribution in [0, 0.1) is 5.82 Å². The summed E-state index contributed by atoms with van der Waals surface area (Å²) >= 11 is 0. The SMILES string of the molecule is CCNC(=O)c1ccc(-n2nnc(C(=O)NC3CC3)c2CCCOc2cc(F)cc(C(F)(F)F)c2)cc1. The van der Waals surface area contributed by atoms with Crippen molar-refractivity contribution >= 4 is 11.8 Å². The van der Waals surface area contributed by atoms with Gasteiger partial charge in [-0.2, -0.15) is 13.2 Å². The summed E-state index contributed by atoms with van der Waals surface area (Å²) in [4.78, 5) is 24.8. The number of benzene rings is 2. The van der Waals surface area contributed by atoms with Crippen molar-refractivity contribution in [3.05, 3.63) is 70.8 Å². The Balaban J connectivity index is 1.50. The molecule has 1 aliphatic carbocycles. The predicted octanol–water partition coefficient (Wildman–Crippen LogP) is 4.08. The van der Waals surface area contributed by atoms with Gasteiger partial charge in [0.2, 0.25) is 0 Å². The molecule has 1 saturated carbocycles.